The Morgan fingerprint density at radius 3 is 2.74 bits per heavy atom. The van der Waals surface area contributed by atoms with Crippen LogP contribution in [-0.2, 0) is 0 Å². The summed E-state index contributed by atoms with van der Waals surface area (Å²) in [7, 11) is 0. The molecule has 2 heterocycles. The van der Waals surface area contributed by atoms with Crippen molar-refractivity contribution in [3.63, 3.8) is 0 Å². The molecule has 1 aliphatic carbocycles. The van der Waals surface area contributed by atoms with Gasteiger partial charge in [0.15, 0.2) is 5.65 Å². The number of aryl methyl sites for hydroxylation is 1. The SMILES string of the molecule is Cc1[nH]nc2nc(-c3ccc(O)cc3)cc(C(=O)N[C@@H]3CCCC[C@H]3N)c12. The van der Waals surface area contributed by atoms with Crippen LogP contribution >= 0.6 is 0 Å². The molecule has 4 rings (SSSR count). The van der Waals surface area contributed by atoms with Crippen LogP contribution in [0, 0.1) is 6.92 Å². The van der Waals surface area contributed by atoms with Crippen LogP contribution in [0.25, 0.3) is 22.3 Å². The number of nitrogens with zero attached hydrogens (tertiary/aromatic N) is 2. The zero-order chi connectivity index (χ0) is 19.0. The molecule has 140 valence electrons. The molecule has 2 aromatic heterocycles. The predicted octanol–water partition coefficient (Wildman–Crippen LogP) is 2.64. The molecule has 5 N–H and O–H groups in total. The molecule has 2 atom stereocenters. The summed E-state index contributed by atoms with van der Waals surface area (Å²) < 4.78 is 0. The first kappa shape index (κ1) is 17.5. The molecule has 0 radical (unpaired) electrons. The van der Waals surface area contributed by atoms with Crippen molar-refractivity contribution in [3.8, 4) is 17.0 Å². The summed E-state index contributed by atoms with van der Waals surface area (Å²) in [5.74, 6) is 0.0222. The summed E-state index contributed by atoms with van der Waals surface area (Å²) in [6.07, 6.45) is 4.02. The second kappa shape index (κ2) is 7.00. The van der Waals surface area contributed by atoms with E-state index in [1.54, 1.807) is 30.3 Å². The van der Waals surface area contributed by atoms with Crippen molar-refractivity contribution >= 4 is 16.9 Å². The van der Waals surface area contributed by atoms with Crippen molar-refractivity contribution in [2.45, 2.75) is 44.7 Å². The van der Waals surface area contributed by atoms with Crippen LogP contribution in [0.2, 0.25) is 0 Å². The summed E-state index contributed by atoms with van der Waals surface area (Å²) in [4.78, 5) is 17.7. The van der Waals surface area contributed by atoms with Crippen LogP contribution in [-0.4, -0.2) is 38.3 Å². The van der Waals surface area contributed by atoms with Crippen LogP contribution < -0.4 is 11.1 Å². The molecule has 1 aliphatic rings. The molecule has 0 saturated heterocycles. The lowest BCUT2D eigenvalue weighted by atomic mass is 9.90. The molecular weight excluding hydrogens is 342 g/mol. The standard InChI is InChI=1S/C20H23N5O2/c1-11-18-14(20(27)23-16-5-3-2-4-15(16)21)10-17(22-19(18)25-24-11)12-6-8-13(26)9-7-12/h6-10,15-16,26H,2-5,21H2,1H3,(H,23,27)(H,22,24,25)/t15-,16-/m1/s1. The Balaban J connectivity index is 1.74. The summed E-state index contributed by atoms with van der Waals surface area (Å²) >= 11 is 0. The van der Waals surface area contributed by atoms with Crippen LogP contribution in [0.5, 0.6) is 5.75 Å². The van der Waals surface area contributed by atoms with E-state index < -0.39 is 0 Å². The zero-order valence-corrected chi connectivity index (χ0v) is 15.2. The van der Waals surface area contributed by atoms with Gasteiger partial charge in [0.2, 0.25) is 0 Å². The number of rotatable bonds is 3. The van der Waals surface area contributed by atoms with Gasteiger partial charge in [-0.3, -0.25) is 9.89 Å². The monoisotopic (exact) mass is 365 g/mol. The molecule has 7 nitrogen and oxygen atoms in total. The lowest BCUT2D eigenvalue weighted by molar-refractivity contribution is 0.0923. The van der Waals surface area contributed by atoms with E-state index in [2.05, 4.69) is 20.5 Å². The summed E-state index contributed by atoms with van der Waals surface area (Å²) in [5, 5.41) is 20.5. The van der Waals surface area contributed by atoms with E-state index in [9.17, 15) is 9.90 Å². The van der Waals surface area contributed by atoms with E-state index in [0.717, 1.165) is 42.3 Å². The van der Waals surface area contributed by atoms with E-state index >= 15 is 0 Å². The third-order valence-electron chi connectivity index (χ3n) is 5.25. The number of nitrogens with two attached hydrogens (primary N) is 1. The highest BCUT2D eigenvalue weighted by Gasteiger charge is 2.25. The Labute approximate surface area is 157 Å². The molecule has 1 saturated carbocycles. The Morgan fingerprint density at radius 1 is 1.26 bits per heavy atom. The Hall–Kier alpha value is -2.93. The maximum absolute atomic E-state index is 13.1. The highest BCUT2D eigenvalue weighted by molar-refractivity contribution is 6.07. The van der Waals surface area contributed by atoms with Crippen LogP contribution in [0.4, 0.5) is 0 Å². The molecule has 1 aromatic carbocycles. The molecular formula is C20H23N5O2. The maximum Gasteiger partial charge on any atom is 0.252 e. The smallest absolute Gasteiger partial charge is 0.252 e. The number of phenols is 1. The molecule has 0 unspecified atom stereocenters. The number of hydrogen-bond acceptors (Lipinski definition) is 5. The number of nitrogens with one attached hydrogen (secondary N) is 2. The molecule has 0 bridgehead atoms. The van der Waals surface area contributed by atoms with Crippen molar-refractivity contribution < 1.29 is 9.90 Å². The summed E-state index contributed by atoms with van der Waals surface area (Å²) in [6, 6.07) is 8.47. The minimum Gasteiger partial charge on any atom is -0.508 e. The number of fused-ring (bicyclic) bond motifs is 1. The number of phenolic OH excluding ortho intramolecular Hbond substituents is 1. The molecule has 1 fully saturated rings. The zero-order valence-electron chi connectivity index (χ0n) is 15.2. The lowest BCUT2D eigenvalue weighted by Gasteiger charge is -2.29. The first-order valence-corrected chi connectivity index (χ1v) is 9.24. The second-order valence-corrected chi connectivity index (χ2v) is 7.18. The molecule has 7 heteroatoms. The van der Waals surface area contributed by atoms with Crippen LogP contribution in [0.1, 0.15) is 41.7 Å². The minimum absolute atomic E-state index is 0.0120. The van der Waals surface area contributed by atoms with Crippen molar-refractivity contribution in [2.75, 3.05) is 0 Å². The number of amides is 1. The number of aromatic nitrogens is 3. The first-order valence-electron chi connectivity index (χ1n) is 9.24. The normalized spacial score (nSPS) is 19.9. The third-order valence-corrected chi connectivity index (χ3v) is 5.25. The quantitative estimate of drug-likeness (QED) is 0.569. The maximum atomic E-state index is 13.1. The number of aromatic amines is 1. The van der Waals surface area contributed by atoms with E-state index in [0.29, 0.717) is 16.9 Å². The average molecular weight is 365 g/mol. The Morgan fingerprint density at radius 2 is 2.00 bits per heavy atom. The number of carbonyl (C=O) groups excluding carboxylic acids is 1. The van der Waals surface area contributed by atoms with Crippen LogP contribution in [0.15, 0.2) is 30.3 Å². The van der Waals surface area contributed by atoms with Gasteiger partial charge in [-0.05, 0) is 50.1 Å². The predicted molar refractivity (Wildman–Crippen MR) is 103 cm³/mol. The third kappa shape index (κ3) is 3.38. The fourth-order valence-corrected chi connectivity index (χ4v) is 3.72. The highest BCUT2D eigenvalue weighted by Crippen LogP contribution is 2.27. The summed E-state index contributed by atoms with van der Waals surface area (Å²) in [6.45, 7) is 1.88. The van der Waals surface area contributed by atoms with Crippen molar-refractivity contribution in [3.05, 3.63) is 41.6 Å². The number of carbonyl (C=O) groups is 1. The van der Waals surface area contributed by atoms with Gasteiger partial charge in [-0.2, -0.15) is 5.10 Å². The Bertz CT molecular complexity index is 980. The fourth-order valence-electron chi connectivity index (χ4n) is 3.72. The van der Waals surface area contributed by atoms with Gasteiger partial charge in [-0.25, -0.2) is 4.98 Å². The number of aromatic hydroxyl groups is 1. The minimum atomic E-state index is -0.158. The molecule has 1 amide bonds. The molecule has 0 aliphatic heterocycles. The van der Waals surface area contributed by atoms with Crippen molar-refractivity contribution in [1.82, 2.24) is 20.5 Å². The summed E-state index contributed by atoms with van der Waals surface area (Å²) in [5.41, 5.74) is 9.46. The Kier molecular flexibility index (Phi) is 4.53. The van der Waals surface area contributed by atoms with E-state index in [-0.39, 0.29) is 23.7 Å². The largest absolute Gasteiger partial charge is 0.508 e. The van der Waals surface area contributed by atoms with Gasteiger partial charge in [0.1, 0.15) is 5.75 Å². The first-order chi connectivity index (χ1) is 13.0. The van der Waals surface area contributed by atoms with Crippen molar-refractivity contribution in [2.24, 2.45) is 5.73 Å². The van der Waals surface area contributed by atoms with E-state index in [4.69, 9.17) is 5.73 Å². The van der Waals surface area contributed by atoms with Gasteiger partial charge in [-0.15, -0.1) is 0 Å². The van der Waals surface area contributed by atoms with Gasteiger partial charge >= 0.3 is 0 Å². The van der Waals surface area contributed by atoms with Gasteiger partial charge in [0.25, 0.3) is 5.91 Å². The molecule has 27 heavy (non-hydrogen) atoms. The number of hydrogen-bond donors (Lipinski definition) is 4. The average Bonchev–Trinajstić information content (AvgIpc) is 3.04. The second-order valence-electron chi connectivity index (χ2n) is 7.18. The van der Waals surface area contributed by atoms with Gasteiger partial charge in [0.05, 0.1) is 16.6 Å². The van der Waals surface area contributed by atoms with Crippen molar-refractivity contribution in [1.29, 1.82) is 0 Å². The van der Waals surface area contributed by atoms with Gasteiger partial charge < -0.3 is 16.2 Å². The van der Waals surface area contributed by atoms with Gasteiger partial charge in [0, 0.05) is 23.3 Å². The number of pyridine rings is 1. The van der Waals surface area contributed by atoms with Gasteiger partial charge in [-0.1, -0.05) is 12.8 Å². The van der Waals surface area contributed by atoms with Crippen LogP contribution in [0.3, 0.4) is 0 Å². The number of benzene rings is 1. The molecule has 3 aromatic rings. The fraction of sp³-hybridized carbons (Fsp3) is 0.350. The lowest BCUT2D eigenvalue weighted by Crippen LogP contribution is -2.49. The highest BCUT2D eigenvalue weighted by atomic mass is 16.3. The molecule has 0 spiro atoms. The topological polar surface area (TPSA) is 117 Å². The number of H-pyrrole nitrogens is 1. The van der Waals surface area contributed by atoms with E-state index in [1.807, 2.05) is 6.92 Å². The van der Waals surface area contributed by atoms with E-state index in [1.165, 1.54) is 0 Å².